The Morgan fingerprint density at radius 2 is 1.57 bits per heavy atom. The van der Waals surface area contributed by atoms with Crippen LogP contribution in [0.3, 0.4) is 0 Å². The minimum absolute atomic E-state index is 0.0192. The van der Waals surface area contributed by atoms with Gasteiger partial charge in [-0.2, -0.15) is 0 Å². The van der Waals surface area contributed by atoms with E-state index in [-0.39, 0.29) is 29.6 Å². The van der Waals surface area contributed by atoms with Gasteiger partial charge in [-0.05, 0) is 60.4 Å². The van der Waals surface area contributed by atoms with Crippen molar-refractivity contribution in [1.29, 1.82) is 0 Å². The number of rotatable bonds is 7. The molecule has 0 saturated carbocycles. The highest BCUT2D eigenvalue weighted by molar-refractivity contribution is 6.04. The summed E-state index contributed by atoms with van der Waals surface area (Å²) in [7, 11) is 0. The summed E-state index contributed by atoms with van der Waals surface area (Å²) in [5, 5.41) is 5.88. The summed E-state index contributed by atoms with van der Waals surface area (Å²) >= 11 is 0. The first-order valence-corrected chi connectivity index (χ1v) is 9.93. The standard InChI is InChI=1S/C25H25FN2O2/c1-17(19-11-13-22(26)14-12-19)15-24(29)27-18(2)21-9-6-10-23(16-21)28-25(30)20-7-4-3-5-8-20/h3-14,16-18H,15H2,1-2H3,(H,27,29)(H,28,30). The lowest BCUT2D eigenvalue weighted by Gasteiger charge is -2.18. The molecule has 0 bridgehead atoms. The highest BCUT2D eigenvalue weighted by atomic mass is 19.1. The van der Waals surface area contributed by atoms with E-state index in [1.807, 2.05) is 56.3 Å². The van der Waals surface area contributed by atoms with E-state index >= 15 is 0 Å². The van der Waals surface area contributed by atoms with Crippen LogP contribution >= 0.6 is 0 Å². The van der Waals surface area contributed by atoms with Crippen LogP contribution in [-0.2, 0) is 4.79 Å². The maximum absolute atomic E-state index is 13.1. The van der Waals surface area contributed by atoms with Gasteiger partial charge in [0.1, 0.15) is 5.82 Å². The molecule has 3 rings (SSSR count). The van der Waals surface area contributed by atoms with Gasteiger partial charge in [-0.15, -0.1) is 0 Å². The molecule has 0 aliphatic rings. The number of hydrogen-bond donors (Lipinski definition) is 2. The topological polar surface area (TPSA) is 58.2 Å². The van der Waals surface area contributed by atoms with E-state index in [0.717, 1.165) is 11.1 Å². The molecule has 30 heavy (non-hydrogen) atoms. The van der Waals surface area contributed by atoms with Crippen molar-refractivity contribution in [3.8, 4) is 0 Å². The van der Waals surface area contributed by atoms with Crippen molar-refractivity contribution < 1.29 is 14.0 Å². The Labute approximate surface area is 176 Å². The maximum atomic E-state index is 13.1. The molecule has 4 nitrogen and oxygen atoms in total. The Morgan fingerprint density at radius 3 is 2.27 bits per heavy atom. The van der Waals surface area contributed by atoms with E-state index in [0.29, 0.717) is 17.7 Å². The molecule has 0 spiro atoms. The summed E-state index contributed by atoms with van der Waals surface area (Å²) in [6, 6.07) is 22.4. The number of nitrogens with one attached hydrogen (secondary N) is 2. The number of carbonyl (C=O) groups is 2. The van der Waals surface area contributed by atoms with Gasteiger partial charge in [-0.25, -0.2) is 4.39 Å². The molecule has 3 aromatic carbocycles. The summed E-state index contributed by atoms with van der Waals surface area (Å²) in [5.74, 6) is -0.576. The van der Waals surface area contributed by atoms with E-state index in [9.17, 15) is 14.0 Å². The largest absolute Gasteiger partial charge is 0.350 e. The molecule has 0 aromatic heterocycles. The fourth-order valence-electron chi connectivity index (χ4n) is 3.25. The molecule has 3 aromatic rings. The highest BCUT2D eigenvalue weighted by Gasteiger charge is 2.15. The van der Waals surface area contributed by atoms with Gasteiger partial charge in [-0.1, -0.05) is 49.4 Å². The summed E-state index contributed by atoms with van der Waals surface area (Å²) in [4.78, 5) is 24.8. The van der Waals surface area contributed by atoms with Gasteiger partial charge >= 0.3 is 0 Å². The smallest absolute Gasteiger partial charge is 0.255 e. The van der Waals surface area contributed by atoms with Crippen molar-refractivity contribution in [2.45, 2.75) is 32.2 Å². The highest BCUT2D eigenvalue weighted by Crippen LogP contribution is 2.21. The molecule has 0 aliphatic heterocycles. The molecule has 154 valence electrons. The summed E-state index contributed by atoms with van der Waals surface area (Å²) in [6.07, 6.45) is 0.306. The number of hydrogen-bond acceptors (Lipinski definition) is 2. The van der Waals surface area contributed by atoms with E-state index in [1.54, 1.807) is 24.3 Å². The molecule has 0 heterocycles. The average molecular weight is 404 g/mol. The van der Waals surface area contributed by atoms with E-state index in [1.165, 1.54) is 12.1 Å². The van der Waals surface area contributed by atoms with Crippen LogP contribution in [-0.4, -0.2) is 11.8 Å². The molecule has 2 unspecified atom stereocenters. The third kappa shape index (κ3) is 5.77. The van der Waals surface area contributed by atoms with Gasteiger partial charge in [0.05, 0.1) is 6.04 Å². The SMILES string of the molecule is CC(CC(=O)NC(C)c1cccc(NC(=O)c2ccccc2)c1)c1ccc(F)cc1. The minimum Gasteiger partial charge on any atom is -0.350 e. The van der Waals surface area contributed by atoms with Gasteiger partial charge in [-0.3, -0.25) is 9.59 Å². The Kier molecular flexibility index (Phi) is 6.96. The number of halogens is 1. The quantitative estimate of drug-likeness (QED) is 0.550. The van der Waals surface area contributed by atoms with Crippen LogP contribution in [0.5, 0.6) is 0 Å². The zero-order chi connectivity index (χ0) is 21.5. The average Bonchev–Trinajstić information content (AvgIpc) is 2.75. The van der Waals surface area contributed by atoms with Crippen molar-refractivity contribution in [2.75, 3.05) is 5.32 Å². The molecule has 5 heteroatoms. The second-order valence-electron chi connectivity index (χ2n) is 7.39. The molecule has 2 amide bonds. The van der Waals surface area contributed by atoms with Crippen molar-refractivity contribution in [3.63, 3.8) is 0 Å². The van der Waals surface area contributed by atoms with E-state index < -0.39 is 0 Å². The van der Waals surface area contributed by atoms with Gasteiger partial charge in [0, 0.05) is 17.7 Å². The van der Waals surface area contributed by atoms with Crippen LogP contribution < -0.4 is 10.6 Å². The molecule has 2 atom stereocenters. The first kappa shape index (κ1) is 21.2. The number of amides is 2. The second-order valence-corrected chi connectivity index (χ2v) is 7.39. The Bertz CT molecular complexity index is 1000. The number of anilines is 1. The maximum Gasteiger partial charge on any atom is 0.255 e. The van der Waals surface area contributed by atoms with Crippen molar-refractivity contribution in [1.82, 2.24) is 5.32 Å². The fourth-order valence-corrected chi connectivity index (χ4v) is 3.25. The predicted octanol–water partition coefficient (Wildman–Crippen LogP) is 5.45. The Morgan fingerprint density at radius 1 is 0.867 bits per heavy atom. The van der Waals surface area contributed by atoms with Crippen molar-refractivity contribution in [2.24, 2.45) is 0 Å². The van der Waals surface area contributed by atoms with Crippen LogP contribution in [0.1, 0.15) is 53.7 Å². The molecular weight excluding hydrogens is 379 g/mol. The van der Waals surface area contributed by atoms with Gasteiger partial charge in [0.15, 0.2) is 0 Å². The van der Waals surface area contributed by atoms with Crippen molar-refractivity contribution in [3.05, 3.63) is 101 Å². The summed E-state index contributed by atoms with van der Waals surface area (Å²) < 4.78 is 13.1. The summed E-state index contributed by atoms with van der Waals surface area (Å²) in [5.41, 5.74) is 3.06. The van der Waals surface area contributed by atoms with Crippen LogP contribution in [0.15, 0.2) is 78.9 Å². The first-order valence-electron chi connectivity index (χ1n) is 9.93. The molecule has 2 N–H and O–H groups in total. The zero-order valence-electron chi connectivity index (χ0n) is 17.1. The Hall–Kier alpha value is -3.47. The lowest BCUT2D eigenvalue weighted by atomic mass is 9.97. The second kappa shape index (κ2) is 9.83. The molecule has 0 aliphatic carbocycles. The van der Waals surface area contributed by atoms with E-state index in [4.69, 9.17) is 0 Å². The molecule has 0 fully saturated rings. The Balaban J connectivity index is 1.59. The normalized spacial score (nSPS) is 12.6. The zero-order valence-corrected chi connectivity index (χ0v) is 17.1. The lowest BCUT2D eigenvalue weighted by Crippen LogP contribution is -2.27. The monoisotopic (exact) mass is 404 g/mol. The van der Waals surface area contributed by atoms with Crippen LogP contribution in [0.25, 0.3) is 0 Å². The number of benzene rings is 3. The number of carbonyl (C=O) groups excluding carboxylic acids is 2. The predicted molar refractivity (Wildman–Crippen MR) is 117 cm³/mol. The summed E-state index contributed by atoms with van der Waals surface area (Å²) in [6.45, 7) is 3.84. The van der Waals surface area contributed by atoms with Gasteiger partial charge < -0.3 is 10.6 Å². The fraction of sp³-hybridized carbons (Fsp3) is 0.200. The van der Waals surface area contributed by atoms with E-state index in [2.05, 4.69) is 10.6 Å². The van der Waals surface area contributed by atoms with Gasteiger partial charge in [0.25, 0.3) is 5.91 Å². The van der Waals surface area contributed by atoms with Crippen molar-refractivity contribution >= 4 is 17.5 Å². The van der Waals surface area contributed by atoms with Crippen LogP contribution in [0.2, 0.25) is 0 Å². The minimum atomic E-state index is -0.289. The molecule has 0 radical (unpaired) electrons. The third-order valence-corrected chi connectivity index (χ3v) is 4.99. The lowest BCUT2D eigenvalue weighted by molar-refractivity contribution is -0.122. The first-order chi connectivity index (χ1) is 14.4. The third-order valence-electron chi connectivity index (χ3n) is 4.99. The van der Waals surface area contributed by atoms with Crippen LogP contribution in [0, 0.1) is 5.82 Å². The van der Waals surface area contributed by atoms with Gasteiger partial charge in [0.2, 0.25) is 5.91 Å². The van der Waals surface area contributed by atoms with Crippen LogP contribution in [0.4, 0.5) is 10.1 Å². The molecule has 0 saturated heterocycles. The molecular formula is C25H25FN2O2.